The van der Waals surface area contributed by atoms with Crippen molar-refractivity contribution < 1.29 is 19.3 Å². The van der Waals surface area contributed by atoms with E-state index in [9.17, 15) is 5.11 Å². The fourth-order valence-corrected chi connectivity index (χ4v) is 2.86. The Morgan fingerprint density at radius 1 is 0.920 bits per heavy atom. The normalized spacial score (nSPS) is 13.3. The van der Waals surface area contributed by atoms with Crippen molar-refractivity contribution >= 4 is 11.8 Å². The summed E-state index contributed by atoms with van der Waals surface area (Å²) in [6, 6.07) is 9.20. The van der Waals surface area contributed by atoms with Crippen LogP contribution in [0.4, 0.5) is 0 Å². The molecule has 0 fully saturated rings. The highest BCUT2D eigenvalue weighted by atomic mass is 16.5. The zero-order chi connectivity index (χ0) is 17.8. The molecule has 2 aromatic rings. The molecule has 130 valence electrons. The van der Waals surface area contributed by atoms with E-state index >= 15 is 0 Å². The van der Waals surface area contributed by atoms with Gasteiger partial charge in [-0.25, -0.2) is 0 Å². The van der Waals surface area contributed by atoms with Crippen molar-refractivity contribution in [2.24, 2.45) is 4.99 Å². The summed E-state index contributed by atoms with van der Waals surface area (Å²) in [7, 11) is 4.80. The van der Waals surface area contributed by atoms with E-state index in [4.69, 9.17) is 14.2 Å². The molecule has 0 bridgehead atoms. The number of aromatic hydroxyl groups is 1. The number of hydrogen-bond acceptors (Lipinski definition) is 5. The summed E-state index contributed by atoms with van der Waals surface area (Å²) in [6.45, 7) is 0.737. The van der Waals surface area contributed by atoms with Gasteiger partial charge in [0.2, 0.25) is 0 Å². The van der Waals surface area contributed by atoms with E-state index in [1.54, 1.807) is 26.4 Å². The van der Waals surface area contributed by atoms with E-state index in [0.29, 0.717) is 11.5 Å². The van der Waals surface area contributed by atoms with Crippen molar-refractivity contribution in [3.8, 4) is 23.0 Å². The van der Waals surface area contributed by atoms with Gasteiger partial charge in [0.25, 0.3) is 0 Å². The summed E-state index contributed by atoms with van der Waals surface area (Å²) >= 11 is 0. The first-order chi connectivity index (χ1) is 12.2. The third kappa shape index (κ3) is 3.45. The Morgan fingerprint density at radius 2 is 1.64 bits per heavy atom. The van der Waals surface area contributed by atoms with Gasteiger partial charge in [0.05, 0.1) is 27.0 Å². The Balaban J connectivity index is 1.93. The highest BCUT2D eigenvalue weighted by Gasteiger charge is 2.17. The van der Waals surface area contributed by atoms with Crippen LogP contribution < -0.4 is 14.2 Å². The fourth-order valence-electron chi connectivity index (χ4n) is 2.86. The van der Waals surface area contributed by atoms with Gasteiger partial charge in [0.15, 0.2) is 23.0 Å². The molecule has 0 aromatic heterocycles. The standard InChI is InChI=1S/C20H21NO4/c1-23-18-10-13(5-7-17(18)22)4-6-16-15-12-20(25-3)19(24-2)11-14(15)8-9-21-16/h4-7,10-12,22H,8-9H2,1-3H3/b6-4+. The molecule has 0 atom stereocenters. The van der Waals surface area contributed by atoms with Crippen LogP contribution in [-0.4, -0.2) is 38.7 Å². The van der Waals surface area contributed by atoms with Crippen LogP contribution in [0.2, 0.25) is 0 Å². The van der Waals surface area contributed by atoms with Crippen LogP contribution >= 0.6 is 0 Å². The van der Waals surface area contributed by atoms with E-state index in [-0.39, 0.29) is 5.75 Å². The number of phenols is 1. The molecule has 0 spiro atoms. The van der Waals surface area contributed by atoms with Gasteiger partial charge in [0, 0.05) is 12.1 Å². The first kappa shape index (κ1) is 16.9. The average Bonchev–Trinajstić information content (AvgIpc) is 2.66. The topological polar surface area (TPSA) is 60.3 Å². The zero-order valence-electron chi connectivity index (χ0n) is 14.6. The van der Waals surface area contributed by atoms with Gasteiger partial charge in [-0.1, -0.05) is 12.1 Å². The molecule has 0 aliphatic carbocycles. The smallest absolute Gasteiger partial charge is 0.161 e. The van der Waals surface area contributed by atoms with E-state index < -0.39 is 0 Å². The van der Waals surface area contributed by atoms with Crippen molar-refractivity contribution in [3.05, 3.63) is 53.1 Å². The summed E-state index contributed by atoms with van der Waals surface area (Å²) in [6.07, 6.45) is 4.79. The molecule has 1 aliphatic rings. The lowest BCUT2D eigenvalue weighted by Crippen LogP contribution is -2.11. The number of fused-ring (bicyclic) bond motifs is 1. The molecule has 5 heteroatoms. The molecular weight excluding hydrogens is 318 g/mol. The molecule has 0 unspecified atom stereocenters. The second kappa shape index (κ2) is 7.30. The van der Waals surface area contributed by atoms with Crippen molar-refractivity contribution in [1.82, 2.24) is 0 Å². The first-order valence-electron chi connectivity index (χ1n) is 8.01. The second-order valence-electron chi connectivity index (χ2n) is 5.65. The Hall–Kier alpha value is -2.95. The van der Waals surface area contributed by atoms with Gasteiger partial charge in [0.1, 0.15) is 0 Å². The van der Waals surface area contributed by atoms with Crippen LogP contribution in [0, 0.1) is 0 Å². The van der Waals surface area contributed by atoms with Gasteiger partial charge < -0.3 is 19.3 Å². The average molecular weight is 339 g/mol. The number of allylic oxidation sites excluding steroid dienone is 1. The number of benzene rings is 2. The number of rotatable bonds is 5. The molecule has 25 heavy (non-hydrogen) atoms. The van der Waals surface area contributed by atoms with Crippen LogP contribution in [0.3, 0.4) is 0 Å². The number of phenolic OH excluding ortho intramolecular Hbond substituents is 1. The van der Waals surface area contributed by atoms with Gasteiger partial charge >= 0.3 is 0 Å². The number of methoxy groups -OCH3 is 3. The molecular formula is C20H21NO4. The number of hydrogen-bond donors (Lipinski definition) is 1. The van der Waals surface area contributed by atoms with Crippen LogP contribution in [0.5, 0.6) is 23.0 Å². The summed E-state index contributed by atoms with van der Waals surface area (Å²) in [4.78, 5) is 4.63. The molecule has 0 saturated heterocycles. The van der Waals surface area contributed by atoms with E-state index in [1.165, 1.54) is 12.7 Å². The van der Waals surface area contributed by atoms with E-state index in [2.05, 4.69) is 4.99 Å². The maximum Gasteiger partial charge on any atom is 0.161 e. The molecule has 1 aliphatic heterocycles. The van der Waals surface area contributed by atoms with E-state index in [0.717, 1.165) is 35.6 Å². The Labute approximate surface area is 147 Å². The van der Waals surface area contributed by atoms with Gasteiger partial charge in [-0.3, -0.25) is 4.99 Å². The lowest BCUT2D eigenvalue weighted by Gasteiger charge is -2.18. The Bertz CT molecular complexity index is 840. The maximum absolute atomic E-state index is 9.69. The molecule has 2 aromatic carbocycles. The van der Waals surface area contributed by atoms with Crippen LogP contribution in [0.1, 0.15) is 16.7 Å². The number of ether oxygens (including phenoxy) is 3. The van der Waals surface area contributed by atoms with Gasteiger partial charge in [-0.15, -0.1) is 0 Å². The van der Waals surface area contributed by atoms with Crippen molar-refractivity contribution in [2.45, 2.75) is 6.42 Å². The largest absolute Gasteiger partial charge is 0.504 e. The minimum Gasteiger partial charge on any atom is -0.504 e. The third-order valence-corrected chi connectivity index (χ3v) is 4.19. The lowest BCUT2D eigenvalue weighted by molar-refractivity contribution is 0.354. The fraction of sp³-hybridized carbons (Fsp3) is 0.250. The minimum absolute atomic E-state index is 0.122. The quantitative estimate of drug-likeness (QED) is 0.906. The van der Waals surface area contributed by atoms with Gasteiger partial charge in [-0.05, 0) is 47.9 Å². The predicted molar refractivity (Wildman–Crippen MR) is 98.3 cm³/mol. The van der Waals surface area contributed by atoms with E-state index in [1.807, 2.05) is 30.4 Å². The van der Waals surface area contributed by atoms with Crippen LogP contribution in [0.25, 0.3) is 6.08 Å². The molecule has 1 heterocycles. The molecule has 1 N–H and O–H groups in total. The number of nitrogens with zero attached hydrogens (tertiary/aromatic N) is 1. The highest BCUT2D eigenvalue weighted by Crippen LogP contribution is 2.33. The zero-order valence-corrected chi connectivity index (χ0v) is 14.6. The lowest BCUT2D eigenvalue weighted by atomic mass is 9.96. The summed E-state index contributed by atoms with van der Waals surface area (Å²) in [5.74, 6) is 1.99. The van der Waals surface area contributed by atoms with Crippen molar-refractivity contribution in [3.63, 3.8) is 0 Å². The Morgan fingerprint density at radius 3 is 2.36 bits per heavy atom. The van der Waals surface area contributed by atoms with Crippen molar-refractivity contribution in [2.75, 3.05) is 27.9 Å². The monoisotopic (exact) mass is 339 g/mol. The van der Waals surface area contributed by atoms with Crippen LogP contribution in [0.15, 0.2) is 41.4 Å². The van der Waals surface area contributed by atoms with Crippen molar-refractivity contribution in [1.29, 1.82) is 0 Å². The molecule has 3 rings (SSSR count). The third-order valence-electron chi connectivity index (χ3n) is 4.19. The van der Waals surface area contributed by atoms with Gasteiger partial charge in [-0.2, -0.15) is 0 Å². The predicted octanol–water partition coefficient (Wildman–Crippen LogP) is 3.48. The molecule has 0 saturated carbocycles. The molecule has 5 nitrogen and oxygen atoms in total. The molecule has 0 radical (unpaired) electrons. The number of aliphatic imine (C=N–C) groups is 1. The first-order valence-corrected chi connectivity index (χ1v) is 8.01. The summed E-state index contributed by atoms with van der Waals surface area (Å²) < 4.78 is 15.9. The SMILES string of the molecule is COc1cc(/C=C/C2=NCCc3cc(OC)c(OC)cc32)ccc1O. The minimum atomic E-state index is 0.122. The summed E-state index contributed by atoms with van der Waals surface area (Å²) in [5, 5.41) is 9.69. The second-order valence-corrected chi connectivity index (χ2v) is 5.65. The van der Waals surface area contributed by atoms with Crippen LogP contribution in [-0.2, 0) is 6.42 Å². The maximum atomic E-state index is 9.69. The molecule has 0 amide bonds. The summed E-state index contributed by atoms with van der Waals surface area (Å²) in [5.41, 5.74) is 4.06. The highest BCUT2D eigenvalue weighted by molar-refractivity contribution is 6.12. The Kier molecular flexibility index (Phi) is 4.93.